The van der Waals surface area contributed by atoms with Gasteiger partial charge in [-0.3, -0.25) is 5.01 Å². The summed E-state index contributed by atoms with van der Waals surface area (Å²) < 4.78 is 36.1. The highest BCUT2D eigenvalue weighted by Crippen LogP contribution is 2.28. The molecule has 0 saturated heterocycles. The number of nitrogens with one attached hydrogen (secondary N) is 1. The number of anilines is 1. The van der Waals surface area contributed by atoms with E-state index < -0.39 is 9.84 Å². The molecule has 1 aliphatic rings. The van der Waals surface area contributed by atoms with Gasteiger partial charge in [0.15, 0.2) is 9.84 Å². The maximum absolute atomic E-state index is 13.0. The molecule has 114 valence electrons. The summed E-state index contributed by atoms with van der Waals surface area (Å²) in [5.41, 5.74) is 5.81. The minimum absolute atomic E-state index is 0.278. The molecule has 0 radical (unpaired) electrons. The van der Waals surface area contributed by atoms with Crippen molar-refractivity contribution in [1.82, 2.24) is 5.43 Å². The van der Waals surface area contributed by atoms with E-state index in [0.717, 1.165) is 16.9 Å². The fourth-order valence-corrected chi connectivity index (χ4v) is 2.98. The van der Waals surface area contributed by atoms with Crippen molar-refractivity contribution >= 4 is 21.2 Å². The molecule has 6 heteroatoms. The first-order chi connectivity index (χ1) is 10.4. The Labute approximate surface area is 128 Å². The molecule has 0 aromatic heterocycles. The second-order valence-electron chi connectivity index (χ2n) is 5.06. The fourth-order valence-electron chi connectivity index (χ4n) is 2.35. The van der Waals surface area contributed by atoms with Crippen molar-refractivity contribution in [3.63, 3.8) is 0 Å². The maximum Gasteiger partial charge on any atom is 0.175 e. The number of hydrogen-bond acceptors (Lipinski definition) is 4. The molecular weight excluding hydrogens is 303 g/mol. The molecule has 1 N–H and O–H groups in total. The summed E-state index contributed by atoms with van der Waals surface area (Å²) >= 11 is 0. The second kappa shape index (κ2) is 5.55. The Morgan fingerprint density at radius 2 is 1.68 bits per heavy atom. The zero-order chi connectivity index (χ0) is 15.7. The molecule has 0 spiro atoms. The quantitative estimate of drug-likeness (QED) is 0.945. The van der Waals surface area contributed by atoms with E-state index in [2.05, 4.69) is 5.43 Å². The highest BCUT2D eigenvalue weighted by molar-refractivity contribution is 7.90. The number of hydrogen-bond donors (Lipinski definition) is 1. The largest absolute Gasteiger partial charge is 0.276 e. The summed E-state index contributed by atoms with van der Waals surface area (Å²) in [7, 11) is -3.21. The van der Waals surface area contributed by atoms with Crippen LogP contribution in [0.2, 0.25) is 0 Å². The van der Waals surface area contributed by atoms with Gasteiger partial charge < -0.3 is 0 Å². The Morgan fingerprint density at radius 3 is 2.27 bits per heavy atom. The number of halogens is 1. The van der Waals surface area contributed by atoms with E-state index in [-0.39, 0.29) is 10.7 Å². The van der Waals surface area contributed by atoms with E-state index in [9.17, 15) is 12.8 Å². The van der Waals surface area contributed by atoms with E-state index >= 15 is 0 Å². The minimum Gasteiger partial charge on any atom is -0.276 e. The lowest BCUT2D eigenvalue weighted by Gasteiger charge is -2.23. The van der Waals surface area contributed by atoms with Crippen LogP contribution in [0.3, 0.4) is 0 Å². The van der Waals surface area contributed by atoms with Crippen LogP contribution >= 0.6 is 0 Å². The first-order valence-electron chi connectivity index (χ1n) is 6.75. The number of nitrogens with zero attached hydrogens (tertiary/aromatic N) is 1. The fraction of sp³-hybridized carbons (Fsp3) is 0.125. The Hall–Kier alpha value is -2.18. The number of sulfone groups is 1. The van der Waals surface area contributed by atoms with Crippen LogP contribution in [-0.4, -0.2) is 21.2 Å². The number of rotatable bonds is 3. The van der Waals surface area contributed by atoms with Gasteiger partial charge in [0.2, 0.25) is 0 Å². The molecule has 2 aromatic rings. The van der Waals surface area contributed by atoms with E-state index in [0.29, 0.717) is 6.54 Å². The van der Waals surface area contributed by atoms with Gasteiger partial charge in [-0.1, -0.05) is 0 Å². The van der Waals surface area contributed by atoms with Crippen LogP contribution in [0.15, 0.2) is 59.5 Å². The zero-order valence-corrected chi connectivity index (χ0v) is 12.8. The Bertz CT molecular complexity index is 812. The third-order valence-electron chi connectivity index (χ3n) is 3.45. The Balaban J connectivity index is 1.91. The summed E-state index contributed by atoms with van der Waals surface area (Å²) in [5.74, 6) is -0.278. The van der Waals surface area contributed by atoms with Crippen molar-refractivity contribution in [3.8, 4) is 0 Å². The van der Waals surface area contributed by atoms with E-state index in [1.165, 1.54) is 18.4 Å². The highest BCUT2D eigenvalue weighted by Gasteiger charge is 2.18. The summed E-state index contributed by atoms with van der Waals surface area (Å²) in [5, 5.41) is 1.86. The summed E-state index contributed by atoms with van der Waals surface area (Å²) in [6.45, 7) is 0.653. The maximum atomic E-state index is 13.0. The monoisotopic (exact) mass is 318 g/mol. The Morgan fingerprint density at radius 1 is 1.05 bits per heavy atom. The molecule has 0 fully saturated rings. The average molecular weight is 318 g/mol. The van der Waals surface area contributed by atoms with Crippen molar-refractivity contribution < 1.29 is 12.8 Å². The van der Waals surface area contributed by atoms with Gasteiger partial charge in [0, 0.05) is 12.8 Å². The predicted octanol–water partition coefficient (Wildman–Crippen LogP) is 2.59. The van der Waals surface area contributed by atoms with E-state index in [1.807, 2.05) is 11.1 Å². The summed E-state index contributed by atoms with van der Waals surface area (Å²) in [6.07, 6.45) is 3.18. The third-order valence-corrected chi connectivity index (χ3v) is 4.58. The molecule has 0 bridgehead atoms. The van der Waals surface area contributed by atoms with E-state index in [4.69, 9.17) is 0 Å². The van der Waals surface area contributed by atoms with Gasteiger partial charge in [-0.25, -0.2) is 18.2 Å². The molecule has 0 amide bonds. The molecule has 1 aliphatic heterocycles. The van der Waals surface area contributed by atoms with Crippen LogP contribution in [-0.2, 0) is 9.84 Å². The number of benzene rings is 2. The van der Waals surface area contributed by atoms with Crippen molar-refractivity contribution in [2.45, 2.75) is 4.90 Å². The third kappa shape index (κ3) is 2.88. The van der Waals surface area contributed by atoms with Crippen molar-refractivity contribution in [2.75, 3.05) is 17.8 Å². The van der Waals surface area contributed by atoms with Gasteiger partial charge in [0.05, 0.1) is 16.3 Å². The van der Waals surface area contributed by atoms with Crippen LogP contribution in [0.4, 0.5) is 10.1 Å². The molecule has 0 atom stereocenters. The zero-order valence-electron chi connectivity index (χ0n) is 12.0. The van der Waals surface area contributed by atoms with Gasteiger partial charge in [-0.15, -0.1) is 0 Å². The van der Waals surface area contributed by atoms with Crippen LogP contribution in [0, 0.1) is 5.82 Å². The molecule has 0 unspecified atom stereocenters. The lowest BCUT2D eigenvalue weighted by molar-refractivity contribution is 0.602. The molecule has 4 nitrogen and oxygen atoms in total. The molecule has 3 rings (SSSR count). The lowest BCUT2D eigenvalue weighted by Crippen LogP contribution is -2.31. The van der Waals surface area contributed by atoms with Gasteiger partial charge >= 0.3 is 0 Å². The first-order valence-corrected chi connectivity index (χ1v) is 8.64. The molecule has 2 aromatic carbocycles. The number of hydrazine groups is 1. The lowest BCUT2D eigenvalue weighted by atomic mass is 10.1. The normalized spacial score (nSPS) is 15.0. The molecule has 1 heterocycles. The van der Waals surface area contributed by atoms with Crippen LogP contribution in [0.25, 0.3) is 5.70 Å². The van der Waals surface area contributed by atoms with Gasteiger partial charge in [-0.05, 0) is 60.2 Å². The smallest absolute Gasteiger partial charge is 0.175 e. The first kappa shape index (κ1) is 14.7. The SMILES string of the molecule is CS(=O)(=O)c1ccc(N2NCC=C2c2ccc(F)cc2)cc1. The van der Waals surface area contributed by atoms with Crippen LogP contribution in [0.1, 0.15) is 5.56 Å². The topological polar surface area (TPSA) is 49.4 Å². The second-order valence-corrected chi connectivity index (χ2v) is 7.08. The Kier molecular flexibility index (Phi) is 3.72. The summed E-state index contributed by atoms with van der Waals surface area (Å²) in [6, 6.07) is 12.9. The standard InChI is InChI=1S/C16H15FN2O2S/c1-22(20,21)15-8-6-14(7-9-15)19-16(10-11-18-19)12-2-4-13(17)5-3-12/h2-10,18H,11H2,1H3. The van der Waals surface area contributed by atoms with Crippen LogP contribution < -0.4 is 10.4 Å². The molecule has 0 saturated carbocycles. The van der Waals surface area contributed by atoms with E-state index in [1.54, 1.807) is 36.4 Å². The molecule has 22 heavy (non-hydrogen) atoms. The predicted molar refractivity (Wildman–Crippen MR) is 84.4 cm³/mol. The van der Waals surface area contributed by atoms with Crippen LogP contribution in [0.5, 0.6) is 0 Å². The van der Waals surface area contributed by atoms with Crippen molar-refractivity contribution in [3.05, 3.63) is 66.0 Å². The van der Waals surface area contributed by atoms with Gasteiger partial charge in [0.25, 0.3) is 0 Å². The van der Waals surface area contributed by atoms with Gasteiger partial charge in [-0.2, -0.15) is 0 Å². The minimum atomic E-state index is -3.21. The van der Waals surface area contributed by atoms with Gasteiger partial charge in [0.1, 0.15) is 5.82 Å². The van der Waals surface area contributed by atoms with Crippen molar-refractivity contribution in [1.29, 1.82) is 0 Å². The molecular formula is C16H15FN2O2S. The average Bonchev–Trinajstić information content (AvgIpc) is 2.97. The summed E-state index contributed by atoms with van der Waals surface area (Å²) in [4.78, 5) is 0.280. The molecule has 0 aliphatic carbocycles. The van der Waals surface area contributed by atoms with Crippen molar-refractivity contribution in [2.24, 2.45) is 0 Å². The highest BCUT2D eigenvalue weighted by atomic mass is 32.2.